The minimum Gasteiger partial charge on any atom is -0.364 e. The zero-order valence-corrected chi connectivity index (χ0v) is 14.9. The summed E-state index contributed by atoms with van der Waals surface area (Å²) in [5.74, 6) is 0.365. The Kier molecular flexibility index (Phi) is 4.20. The second-order valence-electron chi connectivity index (χ2n) is 6.57. The molecule has 0 amide bonds. The molecule has 1 aliphatic heterocycles. The number of halogens is 1. The third kappa shape index (κ3) is 3.07. The second kappa shape index (κ2) is 5.92. The number of rotatable bonds is 4. The maximum absolute atomic E-state index is 13.8. The van der Waals surface area contributed by atoms with E-state index in [1.807, 2.05) is 20.8 Å². The van der Waals surface area contributed by atoms with E-state index in [1.54, 1.807) is 10.9 Å². The number of anilines is 1. The van der Waals surface area contributed by atoms with Crippen molar-refractivity contribution >= 4 is 27.0 Å². The van der Waals surface area contributed by atoms with Gasteiger partial charge in [0.15, 0.2) is 17.0 Å². The zero-order chi connectivity index (χ0) is 17.6. The Morgan fingerprint density at radius 3 is 2.62 bits per heavy atom. The Hall–Kier alpha value is -1.81. The lowest BCUT2D eigenvalue weighted by atomic mass is 10.1. The van der Waals surface area contributed by atoms with Crippen LogP contribution in [0, 0.1) is 12.0 Å². The number of aromatic nitrogens is 4. The van der Waals surface area contributed by atoms with Crippen molar-refractivity contribution in [3.05, 3.63) is 12.4 Å². The van der Waals surface area contributed by atoms with Crippen LogP contribution in [-0.4, -0.2) is 57.6 Å². The summed E-state index contributed by atoms with van der Waals surface area (Å²) in [5.41, 5.74) is 0.903. The highest BCUT2D eigenvalue weighted by Crippen LogP contribution is 2.26. The van der Waals surface area contributed by atoms with Crippen molar-refractivity contribution in [3.8, 4) is 0 Å². The van der Waals surface area contributed by atoms with Gasteiger partial charge in [0.2, 0.25) is 10.0 Å². The lowest BCUT2D eigenvalue weighted by Crippen LogP contribution is -2.31. The fourth-order valence-corrected chi connectivity index (χ4v) is 3.86. The summed E-state index contributed by atoms with van der Waals surface area (Å²) in [6.07, 6.45) is 1.96. The average molecular weight is 356 g/mol. The van der Waals surface area contributed by atoms with Crippen LogP contribution in [0.15, 0.2) is 6.33 Å². The molecule has 1 saturated heterocycles. The molecule has 0 saturated carbocycles. The third-order valence-corrected chi connectivity index (χ3v) is 5.56. The largest absolute Gasteiger partial charge is 0.364 e. The van der Waals surface area contributed by atoms with E-state index in [0.717, 1.165) is 0 Å². The minimum absolute atomic E-state index is 0.0694. The molecule has 0 spiro atoms. The SMILES string of the molecule is CC(C)n1cnc2c(N[C@@H]3CN(S(C)(=O)=O)C[C@H]3C)nc(F)nc21. The topological polar surface area (TPSA) is 93.0 Å². The van der Waals surface area contributed by atoms with Crippen LogP contribution in [-0.2, 0) is 10.0 Å². The first kappa shape index (κ1) is 17.0. The fraction of sp³-hybridized carbons (Fsp3) is 0.643. The lowest BCUT2D eigenvalue weighted by molar-refractivity contribution is 0.469. The second-order valence-corrected chi connectivity index (χ2v) is 8.55. The van der Waals surface area contributed by atoms with Gasteiger partial charge >= 0.3 is 6.08 Å². The molecule has 0 radical (unpaired) electrons. The number of nitrogens with one attached hydrogen (secondary N) is 1. The first-order valence-electron chi connectivity index (χ1n) is 7.78. The molecule has 2 aromatic heterocycles. The molecule has 8 nitrogen and oxygen atoms in total. The van der Waals surface area contributed by atoms with E-state index in [4.69, 9.17) is 0 Å². The molecule has 1 aliphatic rings. The summed E-state index contributed by atoms with van der Waals surface area (Å²) in [5, 5.41) is 3.16. The van der Waals surface area contributed by atoms with Crippen LogP contribution in [0.2, 0.25) is 0 Å². The van der Waals surface area contributed by atoms with Gasteiger partial charge in [0.25, 0.3) is 0 Å². The van der Waals surface area contributed by atoms with Crippen molar-refractivity contribution in [2.75, 3.05) is 24.7 Å². The predicted octanol–water partition coefficient (Wildman–Crippen LogP) is 1.24. The minimum atomic E-state index is -3.25. The molecule has 0 aromatic carbocycles. The average Bonchev–Trinajstić information content (AvgIpc) is 3.02. The van der Waals surface area contributed by atoms with Gasteiger partial charge < -0.3 is 9.88 Å². The number of hydrogen-bond acceptors (Lipinski definition) is 6. The first-order valence-corrected chi connectivity index (χ1v) is 9.63. The van der Waals surface area contributed by atoms with E-state index < -0.39 is 16.1 Å². The van der Waals surface area contributed by atoms with Gasteiger partial charge in [-0.25, -0.2) is 13.4 Å². The molecule has 0 unspecified atom stereocenters. The Balaban J connectivity index is 1.93. The highest BCUT2D eigenvalue weighted by molar-refractivity contribution is 7.88. The summed E-state index contributed by atoms with van der Waals surface area (Å²) < 4.78 is 40.5. The van der Waals surface area contributed by atoms with Gasteiger partial charge in [0.1, 0.15) is 0 Å². The van der Waals surface area contributed by atoms with Gasteiger partial charge in [0.05, 0.1) is 12.6 Å². The van der Waals surface area contributed by atoms with E-state index in [-0.39, 0.29) is 18.0 Å². The molecule has 0 bridgehead atoms. The summed E-state index contributed by atoms with van der Waals surface area (Å²) in [6, 6.07) is -0.0790. The molecule has 1 fully saturated rings. The highest BCUT2D eigenvalue weighted by Gasteiger charge is 2.35. The molecule has 2 aromatic rings. The van der Waals surface area contributed by atoms with E-state index in [1.165, 1.54) is 10.6 Å². The molecule has 3 heterocycles. The predicted molar refractivity (Wildman–Crippen MR) is 88.7 cm³/mol. The number of hydrogen-bond donors (Lipinski definition) is 1. The summed E-state index contributed by atoms with van der Waals surface area (Å²) >= 11 is 0. The molecule has 1 N–H and O–H groups in total. The van der Waals surface area contributed by atoms with Crippen molar-refractivity contribution in [1.82, 2.24) is 23.8 Å². The normalized spacial score (nSPS) is 22.6. The Morgan fingerprint density at radius 1 is 1.33 bits per heavy atom. The van der Waals surface area contributed by atoms with Gasteiger partial charge in [-0.15, -0.1) is 0 Å². The number of sulfonamides is 1. The molecule has 3 rings (SSSR count). The summed E-state index contributed by atoms with van der Waals surface area (Å²) in [4.78, 5) is 12.0. The molecule has 24 heavy (non-hydrogen) atoms. The molecule has 0 aliphatic carbocycles. The number of imidazole rings is 1. The van der Waals surface area contributed by atoms with Crippen LogP contribution in [0.4, 0.5) is 10.2 Å². The van der Waals surface area contributed by atoms with Crippen molar-refractivity contribution in [2.45, 2.75) is 32.9 Å². The van der Waals surface area contributed by atoms with Crippen molar-refractivity contribution in [2.24, 2.45) is 5.92 Å². The van der Waals surface area contributed by atoms with Crippen LogP contribution in [0.25, 0.3) is 11.2 Å². The van der Waals surface area contributed by atoms with Gasteiger partial charge in [-0.3, -0.25) is 0 Å². The monoisotopic (exact) mass is 356 g/mol. The van der Waals surface area contributed by atoms with Crippen LogP contribution < -0.4 is 5.32 Å². The fourth-order valence-electron chi connectivity index (χ4n) is 2.93. The van der Waals surface area contributed by atoms with Crippen LogP contribution in [0.5, 0.6) is 0 Å². The Bertz CT molecular complexity index is 866. The summed E-state index contributed by atoms with van der Waals surface area (Å²) in [6.45, 7) is 6.60. The van der Waals surface area contributed by atoms with Crippen LogP contribution in [0.1, 0.15) is 26.8 Å². The van der Waals surface area contributed by atoms with Crippen molar-refractivity contribution < 1.29 is 12.8 Å². The van der Waals surface area contributed by atoms with Crippen molar-refractivity contribution in [3.63, 3.8) is 0 Å². The van der Waals surface area contributed by atoms with Gasteiger partial charge in [-0.1, -0.05) is 6.92 Å². The molecular weight excluding hydrogens is 335 g/mol. The molecular formula is C14H21FN6O2S. The molecule has 10 heteroatoms. The summed E-state index contributed by atoms with van der Waals surface area (Å²) in [7, 11) is -3.25. The van der Waals surface area contributed by atoms with Gasteiger partial charge in [-0.05, 0) is 19.8 Å². The third-order valence-electron chi connectivity index (χ3n) is 4.32. The van der Waals surface area contributed by atoms with Crippen LogP contribution in [0.3, 0.4) is 0 Å². The van der Waals surface area contributed by atoms with Crippen LogP contribution >= 0.6 is 0 Å². The van der Waals surface area contributed by atoms with Crippen molar-refractivity contribution in [1.29, 1.82) is 0 Å². The zero-order valence-electron chi connectivity index (χ0n) is 14.1. The Morgan fingerprint density at radius 2 is 2.04 bits per heavy atom. The molecule has 132 valence electrons. The Labute approximate surface area is 140 Å². The van der Waals surface area contributed by atoms with E-state index in [0.29, 0.717) is 30.1 Å². The maximum Gasteiger partial charge on any atom is 0.312 e. The van der Waals surface area contributed by atoms with Gasteiger partial charge in [0, 0.05) is 25.2 Å². The van der Waals surface area contributed by atoms with E-state index in [2.05, 4.69) is 20.3 Å². The first-order chi connectivity index (χ1) is 11.2. The number of nitrogens with zero attached hydrogens (tertiary/aromatic N) is 5. The standard InChI is InChI=1S/C14H21FN6O2S/c1-8(2)21-7-16-11-12(18-14(15)19-13(11)21)17-10-6-20(5-9(10)3)24(4,22)23/h7-10H,5-6H2,1-4H3,(H,17,18,19)/t9-,10-/m1/s1. The van der Waals surface area contributed by atoms with E-state index in [9.17, 15) is 12.8 Å². The molecule has 2 atom stereocenters. The van der Waals surface area contributed by atoms with Gasteiger partial charge in [-0.2, -0.15) is 18.7 Å². The van der Waals surface area contributed by atoms with E-state index >= 15 is 0 Å². The smallest absolute Gasteiger partial charge is 0.312 e. The maximum atomic E-state index is 13.8. The highest BCUT2D eigenvalue weighted by atomic mass is 32.2. The number of fused-ring (bicyclic) bond motifs is 1. The lowest BCUT2D eigenvalue weighted by Gasteiger charge is -2.17. The quantitative estimate of drug-likeness (QED) is 0.829.